The minimum Gasteiger partial charge on any atom is -0.491 e. The summed E-state index contributed by atoms with van der Waals surface area (Å²) in [5.41, 5.74) is 2.71. The van der Waals surface area contributed by atoms with Gasteiger partial charge in [0.1, 0.15) is 12.4 Å². The summed E-state index contributed by atoms with van der Waals surface area (Å²) in [5, 5.41) is 2.71. The third kappa shape index (κ3) is 5.95. The maximum absolute atomic E-state index is 12.3. The van der Waals surface area contributed by atoms with Crippen LogP contribution in [0.5, 0.6) is 5.75 Å². The number of aryl methyl sites for hydroxylation is 1. The van der Waals surface area contributed by atoms with E-state index < -0.39 is 0 Å². The van der Waals surface area contributed by atoms with Crippen LogP contribution in [-0.2, 0) is 16.0 Å². The van der Waals surface area contributed by atoms with Gasteiger partial charge in [0.25, 0.3) is 0 Å². The number of para-hydroxylation sites is 1. The molecule has 25 heavy (non-hydrogen) atoms. The fourth-order valence-corrected chi connectivity index (χ4v) is 2.35. The van der Waals surface area contributed by atoms with Gasteiger partial charge in [0, 0.05) is 19.7 Å². The monoisotopic (exact) mass is 340 g/mol. The molecule has 5 heteroatoms. The quantitative estimate of drug-likeness (QED) is 0.843. The summed E-state index contributed by atoms with van der Waals surface area (Å²) in [7, 11) is 1.77. The van der Waals surface area contributed by atoms with Crippen LogP contribution in [0.3, 0.4) is 0 Å². The molecule has 2 aromatic carbocycles. The molecule has 0 aromatic heterocycles. The van der Waals surface area contributed by atoms with Gasteiger partial charge in [0.2, 0.25) is 11.8 Å². The van der Waals surface area contributed by atoms with Crippen molar-refractivity contribution in [2.24, 2.45) is 0 Å². The lowest BCUT2D eigenvalue weighted by Crippen LogP contribution is -2.32. The molecule has 0 radical (unpaired) electrons. The lowest BCUT2D eigenvalue weighted by molar-refractivity contribution is -0.129. The number of amides is 2. The molecular weight excluding hydrogens is 316 g/mol. The Morgan fingerprint density at radius 2 is 1.76 bits per heavy atom. The highest BCUT2D eigenvalue weighted by Gasteiger charge is 2.10. The molecule has 0 spiro atoms. The minimum absolute atomic E-state index is 0.0284. The van der Waals surface area contributed by atoms with Crippen LogP contribution in [-0.4, -0.2) is 36.9 Å². The van der Waals surface area contributed by atoms with E-state index in [4.69, 9.17) is 4.74 Å². The summed E-state index contributed by atoms with van der Waals surface area (Å²) in [5.74, 6) is 0.759. The molecule has 0 fully saturated rings. The zero-order chi connectivity index (χ0) is 18.2. The lowest BCUT2D eigenvalue weighted by Gasteiger charge is -2.18. The van der Waals surface area contributed by atoms with Crippen molar-refractivity contribution in [2.45, 2.75) is 20.3 Å². The van der Waals surface area contributed by atoms with Gasteiger partial charge in [-0.25, -0.2) is 0 Å². The highest BCUT2D eigenvalue weighted by molar-refractivity contribution is 5.88. The number of rotatable bonds is 7. The van der Waals surface area contributed by atoms with Crippen molar-refractivity contribution < 1.29 is 14.3 Å². The second-order valence-corrected chi connectivity index (χ2v) is 5.98. The van der Waals surface area contributed by atoms with Crippen molar-refractivity contribution in [3.63, 3.8) is 0 Å². The van der Waals surface area contributed by atoms with E-state index in [1.165, 1.54) is 6.92 Å². The van der Waals surface area contributed by atoms with Gasteiger partial charge >= 0.3 is 0 Å². The SMILES string of the molecule is CC(=O)Nc1ccc(CC(=O)N(C)CCOc2ccccc2C)cc1. The molecule has 2 rings (SSSR count). The molecule has 0 saturated carbocycles. The van der Waals surface area contributed by atoms with E-state index in [-0.39, 0.29) is 11.8 Å². The number of carbonyl (C=O) groups excluding carboxylic acids is 2. The summed E-state index contributed by atoms with van der Waals surface area (Å²) in [6.45, 7) is 4.44. The lowest BCUT2D eigenvalue weighted by atomic mass is 10.1. The first-order chi connectivity index (χ1) is 12.0. The maximum atomic E-state index is 12.3. The van der Waals surface area contributed by atoms with Crippen LogP contribution in [0.15, 0.2) is 48.5 Å². The first kappa shape index (κ1) is 18.5. The van der Waals surface area contributed by atoms with E-state index in [2.05, 4.69) is 5.32 Å². The first-order valence-electron chi connectivity index (χ1n) is 8.24. The van der Waals surface area contributed by atoms with Gasteiger partial charge in [-0.2, -0.15) is 0 Å². The largest absolute Gasteiger partial charge is 0.491 e. The van der Waals surface area contributed by atoms with E-state index in [1.54, 1.807) is 24.1 Å². The summed E-state index contributed by atoms with van der Waals surface area (Å²) >= 11 is 0. The van der Waals surface area contributed by atoms with Gasteiger partial charge in [0.15, 0.2) is 0 Å². The van der Waals surface area contributed by atoms with Gasteiger partial charge in [-0.05, 0) is 36.2 Å². The average molecular weight is 340 g/mol. The van der Waals surface area contributed by atoms with Gasteiger partial charge in [-0.15, -0.1) is 0 Å². The van der Waals surface area contributed by atoms with E-state index in [1.807, 2.05) is 43.3 Å². The van der Waals surface area contributed by atoms with E-state index in [9.17, 15) is 9.59 Å². The molecule has 0 atom stereocenters. The van der Waals surface area contributed by atoms with E-state index >= 15 is 0 Å². The molecule has 0 unspecified atom stereocenters. The predicted molar refractivity (Wildman–Crippen MR) is 98.8 cm³/mol. The number of ether oxygens (including phenoxy) is 1. The first-order valence-corrected chi connectivity index (χ1v) is 8.24. The third-order valence-corrected chi connectivity index (χ3v) is 3.83. The normalized spacial score (nSPS) is 10.2. The van der Waals surface area contributed by atoms with Gasteiger partial charge in [0.05, 0.1) is 13.0 Å². The van der Waals surface area contributed by atoms with Crippen LogP contribution < -0.4 is 10.1 Å². The Kier molecular flexibility index (Phi) is 6.57. The molecule has 2 aromatic rings. The zero-order valence-electron chi connectivity index (χ0n) is 14.9. The number of hydrogen-bond donors (Lipinski definition) is 1. The molecular formula is C20H24N2O3. The number of anilines is 1. The Bertz CT molecular complexity index is 726. The molecule has 0 saturated heterocycles. The molecule has 0 aliphatic heterocycles. The standard InChI is InChI=1S/C20H24N2O3/c1-15-6-4-5-7-19(15)25-13-12-22(3)20(24)14-17-8-10-18(11-9-17)21-16(2)23/h4-11H,12-14H2,1-3H3,(H,21,23). The van der Waals surface area contributed by atoms with Crippen LogP contribution >= 0.6 is 0 Å². The molecule has 0 aliphatic carbocycles. The van der Waals surface area contributed by atoms with Gasteiger partial charge in [-0.3, -0.25) is 9.59 Å². The smallest absolute Gasteiger partial charge is 0.226 e. The van der Waals surface area contributed by atoms with Crippen molar-refractivity contribution in [1.29, 1.82) is 0 Å². The Labute approximate surface area is 148 Å². The van der Waals surface area contributed by atoms with Crippen molar-refractivity contribution in [3.8, 4) is 5.75 Å². The highest BCUT2D eigenvalue weighted by atomic mass is 16.5. The van der Waals surface area contributed by atoms with Crippen LogP contribution in [0.4, 0.5) is 5.69 Å². The molecule has 2 amide bonds. The molecule has 0 aliphatic rings. The van der Waals surface area contributed by atoms with Crippen LogP contribution in [0.2, 0.25) is 0 Å². The zero-order valence-corrected chi connectivity index (χ0v) is 14.9. The van der Waals surface area contributed by atoms with Crippen LogP contribution in [0.25, 0.3) is 0 Å². The number of hydrogen-bond acceptors (Lipinski definition) is 3. The summed E-state index contributed by atoms with van der Waals surface area (Å²) in [6.07, 6.45) is 0.321. The fraction of sp³-hybridized carbons (Fsp3) is 0.300. The average Bonchev–Trinajstić information content (AvgIpc) is 2.57. The summed E-state index contributed by atoms with van der Waals surface area (Å²) in [4.78, 5) is 25.0. The predicted octanol–water partition coefficient (Wildman–Crippen LogP) is 3.03. The van der Waals surface area contributed by atoms with Crippen molar-refractivity contribution in [2.75, 3.05) is 25.5 Å². The molecule has 5 nitrogen and oxygen atoms in total. The summed E-state index contributed by atoms with van der Waals surface area (Å²) < 4.78 is 5.73. The second-order valence-electron chi connectivity index (χ2n) is 5.98. The Morgan fingerprint density at radius 1 is 1.08 bits per heavy atom. The maximum Gasteiger partial charge on any atom is 0.226 e. The number of nitrogens with zero attached hydrogens (tertiary/aromatic N) is 1. The van der Waals surface area contributed by atoms with Crippen molar-refractivity contribution >= 4 is 17.5 Å². The third-order valence-electron chi connectivity index (χ3n) is 3.83. The molecule has 0 bridgehead atoms. The van der Waals surface area contributed by atoms with Crippen LogP contribution in [0.1, 0.15) is 18.1 Å². The molecule has 0 heterocycles. The van der Waals surface area contributed by atoms with E-state index in [0.29, 0.717) is 19.6 Å². The van der Waals surface area contributed by atoms with Gasteiger partial charge in [-0.1, -0.05) is 30.3 Å². The molecule has 132 valence electrons. The number of benzene rings is 2. The molecule has 1 N–H and O–H groups in total. The van der Waals surface area contributed by atoms with Crippen LogP contribution in [0, 0.1) is 6.92 Å². The topological polar surface area (TPSA) is 58.6 Å². The highest BCUT2D eigenvalue weighted by Crippen LogP contribution is 2.16. The number of nitrogens with one attached hydrogen (secondary N) is 1. The fourth-order valence-electron chi connectivity index (χ4n) is 2.35. The van der Waals surface area contributed by atoms with Gasteiger partial charge < -0.3 is 15.0 Å². The number of carbonyl (C=O) groups is 2. The number of likely N-dealkylation sites (N-methyl/N-ethyl adjacent to an activating group) is 1. The van der Waals surface area contributed by atoms with E-state index in [0.717, 1.165) is 22.6 Å². The minimum atomic E-state index is -0.114. The van der Waals surface area contributed by atoms with Crippen molar-refractivity contribution in [1.82, 2.24) is 4.90 Å². The Balaban J connectivity index is 1.79. The second kappa shape index (κ2) is 8.87. The van der Waals surface area contributed by atoms with Crippen molar-refractivity contribution in [3.05, 3.63) is 59.7 Å². The Morgan fingerprint density at radius 3 is 2.40 bits per heavy atom. The Hall–Kier alpha value is -2.82. The summed E-state index contributed by atoms with van der Waals surface area (Å²) in [6, 6.07) is 15.1.